The van der Waals surface area contributed by atoms with Crippen LogP contribution in [0.3, 0.4) is 0 Å². The van der Waals surface area contributed by atoms with Gasteiger partial charge in [-0.25, -0.2) is 4.98 Å². The second-order valence-electron chi connectivity index (χ2n) is 5.48. The third-order valence-corrected chi connectivity index (χ3v) is 4.01. The molecule has 4 nitrogen and oxygen atoms in total. The molecule has 0 unspecified atom stereocenters. The molecule has 0 bridgehead atoms. The summed E-state index contributed by atoms with van der Waals surface area (Å²) >= 11 is 0. The van der Waals surface area contributed by atoms with Gasteiger partial charge in [0.1, 0.15) is 11.6 Å². The van der Waals surface area contributed by atoms with Crippen molar-refractivity contribution in [1.29, 1.82) is 0 Å². The van der Waals surface area contributed by atoms with Gasteiger partial charge in [-0.3, -0.25) is 0 Å². The van der Waals surface area contributed by atoms with E-state index in [2.05, 4.69) is 22.8 Å². The molecule has 0 spiro atoms. The number of methoxy groups -OCH3 is 1. The number of aromatic nitrogens is 2. The summed E-state index contributed by atoms with van der Waals surface area (Å²) in [7, 11) is 1.65. The number of hydrogen-bond acceptors (Lipinski definition) is 3. The molecule has 1 heterocycles. The van der Waals surface area contributed by atoms with Gasteiger partial charge in [0.2, 0.25) is 0 Å². The molecule has 0 amide bonds. The van der Waals surface area contributed by atoms with Gasteiger partial charge in [0.05, 0.1) is 18.1 Å². The lowest BCUT2D eigenvalue weighted by Crippen LogP contribution is -2.00. The van der Waals surface area contributed by atoms with Crippen LogP contribution >= 0.6 is 0 Å². The molecule has 1 saturated carbocycles. The van der Waals surface area contributed by atoms with Gasteiger partial charge in [0, 0.05) is 23.4 Å². The summed E-state index contributed by atoms with van der Waals surface area (Å²) in [5.41, 5.74) is 10.1. The highest BCUT2D eigenvalue weighted by Crippen LogP contribution is 2.42. The van der Waals surface area contributed by atoms with Gasteiger partial charge in [-0.2, -0.15) is 0 Å². The van der Waals surface area contributed by atoms with E-state index in [1.807, 2.05) is 24.3 Å². The van der Waals surface area contributed by atoms with Gasteiger partial charge in [-0.1, -0.05) is 12.1 Å². The van der Waals surface area contributed by atoms with Crippen LogP contribution < -0.4 is 10.5 Å². The Labute approximate surface area is 123 Å². The van der Waals surface area contributed by atoms with Crippen molar-refractivity contribution in [1.82, 2.24) is 9.55 Å². The number of nitrogen functional groups attached to an aromatic ring is 1. The van der Waals surface area contributed by atoms with Gasteiger partial charge in [-0.05, 0) is 37.1 Å². The number of rotatable bonds is 3. The normalized spacial score (nSPS) is 14.5. The zero-order valence-corrected chi connectivity index (χ0v) is 11.9. The largest absolute Gasteiger partial charge is 0.497 e. The summed E-state index contributed by atoms with van der Waals surface area (Å²) in [5, 5.41) is 0. The number of fused-ring (bicyclic) bond motifs is 1. The number of benzene rings is 2. The average Bonchev–Trinajstić information content (AvgIpc) is 3.27. The number of imidazole rings is 1. The molecular weight excluding hydrogens is 262 g/mol. The van der Waals surface area contributed by atoms with E-state index in [4.69, 9.17) is 15.5 Å². The van der Waals surface area contributed by atoms with Crippen LogP contribution in [-0.2, 0) is 0 Å². The van der Waals surface area contributed by atoms with Crippen LogP contribution in [0.2, 0.25) is 0 Å². The topological polar surface area (TPSA) is 53.1 Å². The second kappa shape index (κ2) is 4.52. The first-order valence-electron chi connectivity index (χ1n) is 7.19. The van der Waals surface area contributed by atoms with Crippen LogP contribution in [0, 0.1) is 0 Å². The first-order chi connectivity index (χ1) is 10.3. The Kier molecular flexibility index (Phi) is 2.64. The lowest BCUT2D eigenvalue weighted by atomic mass is 10.1. The van der Waals surface area contributed by atoms with Gasteiger partial charge in [0.25, 0.3) is 0 Å². The van der Waals surface area contributed by atoms with E-state index in [0.717, 1.165) is 22.7 Å². The molecule has 1 fully saturated rings. The van der Waals surface area contributed by atoms with Crippen molar-refractivity contribution in [2.45, 2.75) is 18.9 Å². The van der Waals surface area contributed by atoms with Gasteiger partial charge >= 0.3 is 0 Å². The number of hydrogen-bond donors (Lipinski definition) is 1. The maximum absolute atomic E-state index is 6.21. The predicted octanol–water partition coefficient (Wildman–Crippen LogP) is 3.63. The van der Waals surface area contributed by atoms with E-state index in [-0.39, 0.29) is 0 Å². The molecular formula is C17H17N3O. The minimum absolute atomic E-state index is 0.550. The van der Waals surface area contributed by atoms with Crippen LogP contribution in [0.25, 0.3) is 22.4 Å². The van der Waals surface area contributed by atoms with Gasteiger partial charge in [-0.15, -0.1) is 0 Å². The van der Waals surface area contributed by atoms with Crippen molar-refractivity contribution < 1.29 is 4.74 Å². The van der Waals surface area contributed by atoms with Crippen LogP contribution in [0.1, 0.15) is 18.9 Å². The van der Waals surface area contributed by atoms with E-state index >= 15 is 0 Å². The maximum atomic E-state index is 6.21. The smallest absolute Gasteiger partial charge is 0.143 e. The fourth-order valence-corrected chi connectivity index (χ4v) is 2.81. The summed E-state index contributed by atoms with van der Waals surface area (Å²) in [4.78, 5) is 4.80. The fraction of sp³-hybridized carbons (Fsp3) is 0.235. The van der Waals surface area contributed by atoms with Crippen molar-refractivity contribution in [3.8, 4) is 17.1 Å². The first-order valence-corrected chi connectivity index (χ1v) is 7.19. The Morgan fingerprint density at radius 1 is 1.19 bits per heavy atom. The molecule has 0 radical (unpaired) electrons. The lowest BCUT2D eigenvalue weighted by Gasteiger charge is -2.10. The molecule has 21 heavy (non-hydrogen) atoms. The standard InChI is InChI=1S/C17H17N3O/c1-21-12-8-9-13(14(18)10-12)17-19-15-4-2-3-5-16(15)20(17)11-6-7-11/h2-5,8-11H,6-7,18H2,1H3. The fourth-order valence-electron chi connectivity index (χ4n) is 2.81. The van der Waals surface area contributed by atoms with E-state index < -0.39 is 0 Å². The molecule has 106 valence electrons. The molecule has 2 aromatic carbocycles. The Balaban J connectivity index is 1.95. The minimum Gasteiger partial charge on any atom is -0.497 e. The van der Waals surface area contributed by atoms with Crippen LogP contribution in [0.5, 0.6) is 5.75 Å². The summed E-state index contributed by atoms with van der Waals surface area (Å²) in [6.07, 6.45) is 2.42. The number of para-hydroxylation sites is 2. The molecule has 0 aliphatic heterocycles. The van der Waals surface area contributed by atoms with Crippen molar-refractivity contribution in [2.24, 2.45) is 0 Å². The summed E-state index contributed by atoms with van der Waals surface area (Å²) < 4.78 is 7.55. The van der Waals surface area contributed by atoms with Crippen molar-refractivity contribution >= 4 is 16.7 Å². The third kappa shape index (κ3) is 1.95. The zero-order valence-electron chi connectivity index (χ0n) is 11.9. The SMILES string of the molecule is COc1ccc(-c2nc3ccccc3n2C2CC2)c(N)c1. The highest BCUT2D eigenvalue weighted by Gasteiger charge is 2.29. The summed E-state index contributed by atoms with van der Waals surface area (Å²) in [6.45, 7) is 0. The molecule has 4 heteroatoms. The van der Waals surface area contributed by atoms with E-state index in [0.29, 0.717) is 11.7 Å². The Bertz CT molecular complexity index is 818. The zero-order chi connectivity index (χ0) is 14.4. The Morgan fingerprint density at radius 2 is 2.00 bits per heavy atom. The van der Waals surface area contributed by atoms with Gasteiger partial charge < -0.3 is 15.0 Å². The predicted molar refractivity (Wildman–Crippen MR) is 84.4 cm³/mol. The monoisotopic (exact) mass is 279 g/mol. The molecule has 1 aromatic heterocycles. The second-order valence-corrected chi connectivity index (χ2v) is 5.48. The maximum Gasteiger partial charge on any atom is 0.143 e. The van der Waals surface area contributed by atoms with Crippen molar-refractivity contribution in [3.05, 3.63) is 42.5 Å². The van der Waals surface area contributed by atoms with E-state index in [1.54, 1.807) is 7.11 Å². The molecule has 0 saturated heterocycles. The highest BCUT2D eigenvalue weighted by molar-refractivity contribution is 5.84. The summed E-state index contributed by atoms with van der Waals surface area (Å²) in [5.74, 6) is 1.73. The van der Waals surface area contributed by atoms with E-state index in [1.165, 1.54) is 18.4 Å². The highest BCUT2D eigenvalue weighted by atomic mass is 16.5. The Hall–Kier alpha value is -2.49. The molecule has 0 atom stereocenters. The lowest BCUT2D eigenvalue weighted by molar-refractivity contribution is 0.415. The molecule has 3 aromatic rings. The van der Waals surface area contributed by atoms with Gasteiger partial charge in [0.15, 0.2) is 0 Å². The van der Waals surface area contributed by atoms with Crippen LogP contribution in [0.15, 0.2) is 42.5 Å². The molecule has 1 aliphatic carbocycles. The number of nitrogens with zero attached hydrogens (tertiary/aromatic N) is 2. The van der Waals surface area contributed by atoms with E-state index in [9.17, 15) is 0 Å². The third-order valence-electron chi connectivity index (χ3n) is 4.01. The minimum atomic E-state index is 0.550. The molecule has 2 N–H and O–H groups in total. The first kappa shape index (κ1) is 12.3. The van der Waals surface area contributed by atoms with Crippen LogP contribution in [-0.4, -0.2) is 16.7 Å². The number of ether oxygens (including phenoxy) is 1. The summed E-state index contributed by atoms with van der Waals surface area (Å²) in [6, 6.07) is 14.6. The average molecular weight is 279 g/mol. The quantitative estimate of drug-likeness (QED) is 0.745. The van der Waals surface area contributed by atoms with Crippen molar-refractivity contribution in [2.75, 3.05) is 12.8 Å². The number of anilines is 1. The van der Waals surface area contributed by atoms with Crippen molar-refractivity contribution in [3.63, 3.8) is 0 Å². The molecule has 4 rings (SSSR count). The van der Waals surface area contributed by atoms with Crippen LogP contribution in [0.4, 0.5) is 5.69 Å². The Morgan fingerprint density at radius 3 is 2.71 bits per heavy atom. The number of nitrogens with two attached hydrogens (primary N) is 1. The molecule has 1 aliphatic rings.